The summed E-state index contributed by atoms with van der Waals surface area (Å²) < 4.78 is 31.8. The topological polar surface area (TPSA) is 373 Å². The van der Waals surface area contributed by atoms with Crippen LogP contribution < -0.4 is 19.5 Å². The van der Waals surface area contributed by atoms with Crippen LogP contribution in [0.15, 0.2) is 215 Å². The standard InChI is InChI=1S/C25H21N5O2S.C19H14N2O3S.C18H12N2O3S.C16H13NO3.C8H7BrO3/c1-15-4-5-23(20(8-15)12-26)18-9-19(11-22(10-18)32-25-27-6-7-33-25)24(31)30-16(2)21-13-28-17(3)29-14-21;1-12-3-4-17(15(7-12)11-20)13-8-14(18(22)23-2)10-16(9-13)24-19-21-5-6-25-19;1-11-2-3-16(14(6-11)10-19)12-7-13(17(21)22)9-15(8-12)23-18-20-4-5-24-18;1-10-3-4-15(13(5-10)9-17)11-6-12(16(19)20-2)8-14(18)7-11;1-12-8(11)5-2-6(9)4-7(10)3-5/h4-11,13-14,16H,1-3H3,(H,30,31);3-10H,1-2H3;2-9H,1H3,(H,21,22);3-8,18H,1-2H3;2-4,10H,1H3/t16-;;;;/m1..../s1. The SMILES string of the molecule is COC(=O)c1cc(O)cc(-c2ccc(C)cc2C#N)c1.COC(=O)c1cc(O)cc(Br)c1.COC(=O)c1cc(Oc2nccs2)cc(-c2ccc(C)cc2C#N)c1.Cc1ccc(-c2cc(Oc3nccs3)cc(C(=O)N[C@H](C)c3cnc(C)nc3)c2)c(C#N)c1.Cc1ccc(-c2cc(Oc3nccs3)cc(C(=O)O)c2)c(C#N)c1. The Kier molecular flexibility index (Phi) is 29.3. The second-order valence-corrected chi connectivity index (χ2v) is 28.1. The van der Waals surface area contributed by atoms with Crippen LogP contribution in [0, 0.1) is 79.9 Å². The number of nitrogens with one attached hydrogen (secondary N) is 1. The van der Waals surface area contributed by atoms with Gasteiger partial charge >= 0.3 is 23.9 Å². The number of ether oxygens (including phenoxy) is 6. The van der Waals surface area contributed by atoms with Crippen molar-refractivity contribution in [3.05, 3.63) is 299 Å². The van der Waals surface area contributed by atoms with Gasteiger partial charge in [-0.05, 0) is 224 Å². The van der Waals surface area contributed by atoms with E-state index in [-0.39, 0.29) is 34.6 Å². The lowest BCUT2D eigenvalue weighted by Gasteiger charge is -2.15. The molecule has 4 aromatic heterocycles. The highest BCUT2D eigenvalue weighted by Gasteiger charge is 2.21. The molecule has 9 aromatic carbocycles. The number of halogens is 1. The van der Waals surface area contributed by atoms with E-state index in [4.69, 9.17) is 24.1 Å². The van der Waals surface area contributed by atoms with Crippen LogP contribution in [0.3, 0.4) is 0 Å². The van der Waals surface area contributed by atoms with Gasteiger partial charge < -0.3 is 49.1 Å². The van der Waals surface area contributed by atoms with Crippen LogP contribution in [0.2, 0.25) is 0 Å². The minimum absolute atomic E-state index is 0.0322. The molecule has 0 saturated heterocycles. The average molecular weight is 1640 g/mol. The second kappa shape index (κ2) is 39.9. The quantitative estimate of drug-likeness (QED) is 0.0486. The fourth-order valence-corrected chi connectivity index (χ4v) is 12.8. The van der Waals surface area contributed by atoms with Crippen molar-refractivity contribution in [3.8, 4) is 113 Å². The van der Waals surface area contributed by atoms with Crippen molar-refractivity contribution in [2.75, 3.05) is 21.3 Å². The first kappa shape index (κ1) is 83.8. The number of carbonyl (C=O) groups is 5. The Morgan fingerprint density at radius 1 is 0.421 bits per heavy atom. The minimum Gasteiger partial charge on any atom is -0.508 e. The molecule has 0 spiro atoms. The summed E-state index contributed by atoms with van der Waals surface area (Å²) in [7, 11) is 3.89. The molecule has 0 aliphatic heterocycles. The molecule has 28 heteroatoms. The van der Waals surface area contributed by atoms with Gasteiger partial charge in [0, 0.05) is 62.7 Å². The van der Waals surface area contributed by atoms with Crippen molar-refractivity contribution >= 4 is 79.7 Å². The molecule has 0 aliphatic carbocycles. The van der Waals surface area contributed by atoms with E-state index in [0.717, 1.165) is 38.9 Å². The van der Waals surface area contributed by atoms with Crippen LogP contribution in [0.4, 0.5) is 0 Å². The second-order valence-electron chi connectivity index (χ2n) is 24.6. The molecule has 0 saturated carbocycles. The molecule has 1 atom stereocenters. The summed E-state index contributed by atoms with van der Waals surface area (Å²) >= 11 is 7.15. The number of carbonyl (C=O) groups excluding carboxylic acids is 4. The maximum Gasteiger partial charge on any atom is 0.338 e. The molecule has 0 unspecified atom stereocenters. The van der Waals surface area contributed by atoms with Crippen molar-refractivity contribution in [1.82, 2.24) is 30.2 Å². The molecule has 13 aromatic rings. The van der Waals surface area contributed by atoms with Crippen molar-refractivity contribution in [2.24, 2.45) is 0 Å². The number of rotatable bonds is 17. The van der Waals surface area contributed by atoms with E-state index in [2.05, 4.69) is 79.9 Å². The van der Waals surface area contributed by atoms with Crippen LogP contribution in [-0.4, -0.2) is 91.4 Å². The number of phenols is 2. The van der Waals surface area contributed by atoms with E-state index in [1.807, 2.05) is 102 Å². The number of phenolic OH excluding ortho intramolecular Hbond substituents is 2. The van der Waals surface area contributed by atoms with Gasteiger partial charge in [-0.2, -0.15) is 21.0 Å². The molecule has 114 heavy (non-hydrogen) atoms. The number of hydrogen-bond donors (Lipinski definition) is 4. The zero-order chi connectivity index (χ0) is 82.1. The summed E-state index contributed by atoms with van der Waals surface area (Å²) in [5.74, 6) is -0.885. The molecular weight excluding hydrogens is 1570 g/mol. The normalized spacial score (nSPS) is 10.4. The van der Waals surface area contributed by atoms with Crippen LogP contribution in [0.1, 0.15) is 121 Å². The summed E-state index contributed by atoms with van der Waals surface area (Å²) in [4.78, 5) is 79.8. The van der Waals surface area contributed by atoms with Gasteiger partial charge in [0.05, 0.1) is 96.2 Å². The number of esters is 3. The lowest BCUT2D eigenvalue weighted by Crippen LogP contribution is -2.27. The number of methoxy groups -OCH3 is 3. The van der Waals surface area contributed by atoms with Crippen molar-refractivity contribution in [1.29, 1.82) is 21.0 Å². The van der Waals surface area contributed by atoms with Gasteiger partial charge in [0.2, 0.25) is 0 Å². The fraction of sp³-hybridized carbons (Fsp3) is 0.116. The van der Waals surface area contributed by atoms with E-state index < -0.39 is 23.9 Å². The molecule has 4 heterocycles. The van der Waals surface area contributed by atoms with Gasteiger partial charge in [-0.15, -0.1) is 0 Å². The number of aromatic carboxylic acids is 1. The number of hydrogen-bond acceptors (Lipinski definition) is 25. The van der Waals surface area contributed by atoms with E-state index in [1.54, 1.807) is 115 Å². The van der Waals surface area contributed by atoms with Gasteiger partial charge in [-0.3, -0.25) is 4.79 Å². The molecule has 0 radical (unpaired) electrons. The summed E-state index contributed by atoms with van der Waals surface area (Å²) in [6.07, 6.45) is 8.30. The maximum absolute atomic E-state index is 13.2. The fourth-order valence-electron chi connectivity index (χ4n) is 10.8. The Bertz CT molecular complexity index is 5840. The summed E-state index contributed by atoms with van der Waals surface area (Å²) in [5, 5.41) is 75.5. The lowest BCUT2D eigenvalue weighted by atomic mass is 9.96. The highest BCUT2D eigenvalue weighted by atomic mass is 79.9. The molecule has 1 amide bonds. The molecule has 4 N–H and O–H groups in total. The van der Waals surface area contributed by atoms with Gasteiger partial charge in [0.25, 0.3) is 21.5 Å². The summed E-state index contributed by atoms with van der Waals surface area (Å²) in [6.45, 7) is 11.3. The monoisotopic (exact) mass is 1640 g/mol. The van der Waals surface area contributed by atoms with E-state index in [9.17, 15) is 55.2 Å². The molecule has 570 valence electrons. The number of benzene rings is 9. The third-order valence-corrected chi connectivity index (χ3v) is 18.6. The van der Waals surface area contributed by atoms with Gasteiger partial charge in [0.15, 0.2) is 0 Å². The Hall–Kier alpha value is -14.3. The number of nitrogens with zero attached hydrogens (tertiary/aromatic N) is 9. The van der Waals surface area contributed by atoms with Gasteiger partial charge in [0.1, 0.15) is 34.6 Å². The molecule has 0 aliphatic rings. The number of amides is 1. The molecule has 13 rings (SSSR count). The number of carboxylic acids is 1. The Labute approximate surface area is 675 Å². The number of aromatic hydroxyl groups is 2. The number of thiazole rings is 3. The zero-order valence-corrected chi connectivity index (χ0v) is 66.3. The number of aryl methyl sites for hydroxylation is 5. The molecular formula is C86H67BrN10O14S3. The van der Waals surface area contributed by atoms with Gasteiger partial charge in [-0.25, -0.2) is 44.1 Å². The molecule has 0 fully saturated rings. The smallest absolute Gasteiger partial charge is 0.338 e. The van der Waals surface area contributed by atoms with Crippen LogP contribution in [-0.2, 0) is 14.2 Å². The first-order chi connectivity index (χ1) is 54.8. The van der Waals surface area contributed by atoms with Crippen LogP contribution in [0.5, 0.6) is 44.3 Å². The summed E-state index contributed by atoms with van der Waals surface area (Å²) in [6, 6.07) is 54.3. The first-order valence-electron chi connectivity index (χ1n) is 33.9. The third-order valence-electron chi connectivity index (χ3n) is 16.2. The van der Waals surface area contributed by atoms with Crippen LogP contribution in [0.25, 0.3) is 44.5 Å². The Morgan fingerprint density at radius 2 is 0.746 bits per heavy atom. The van der Waals surface area contributed by atoms with E-state index in [1.165, 1.54) is 91.7 Å². The average Bonchev–Trinajstić information content (AvgIpc) is 0.894. The van der Waals surface area contributed by atoms with Crippen molar-refractivity contribution < 1.29 is 67.7 Å². The molecule has 24 nitrogen and oxygen atoms in total. The van der Waals surface area contributed by atoms with E-state index in [0.29, 0.717) is 115 Å². The largest absolute Gasteiger partial charge is 0.508 e. The number of carboxylic acid groups (broad SMARTS) is 1. The van der Waals surface area contributed by atoms with Gasteiger partial charge in [-0.1, -0.05) is 98.5 Å². The lowest BCUT2D eigenvalue weighted by molar-refractivity contribution is 0.0591. The van der Waals surface area contributed by atoms with Crippen molar-refractivity contribution in [3.63, 3.8) is 0 Å². The predicted octanol–water partition coefficient (Wildman–Crippen LogP) is 19.4. The number of aromatic nitrogens is 5. The predicted molar refractivity (Wildman–Crippen MR) is 433 cm³/mol. The van der Waals surface area contributed by atoms with Crippen LogP contribution >= 0.6 is 49.9 Å². The third kappa shape index (κ3) is 23.2. The number of nitriles is 4. The molecule has 0 bridgehead atoms. The minimum atomic E-state index is -1.06. The maximum atomic E-state index is 13.2. The Balaban J connectivity index is 0.000000168. The zero-order valence-electron chi connectivity index (χ0n) is 62.2. The highest BCUT2D eigenvalue weighted by molar-refractivity contribution is 9.10. The first-order valence-corrected chi connectivity index (χ1v) is 37.3. The van der Waals surface area contributed by atoms with E-state index >= 15 is 0 Å². The Morgan fingerprint density at radius 3 is 1.09 bits per heavy atom. The highest BCUT2D eigenvalue weighted by Crippen LogP contribution is 2.37. The summed E-state index contributed by atoms with van der Waals surface area (Å²) in [5.41, 5.74) is 13.5. The van der Waals surface area contributed by atoms with Crippen molar-refractivity contribution in [2.45, 2.75) is 47.6 Å².